The Hall–Kier alpha value is -2.15. The summed E-state index contributed by atoms with van der Waals surface area (Å²) in [4.78, 5) is 14.5. The standard InChI is InChI=1S/C18H28N6S/c1-3-19-18(23-13-9-17-24-14-15(2)25-17)22-12-7-6-11-21-16-8-4-5-10-20-16/h4-5,8,10,14H,3,6-7,9,11-13H2,1-2H3,(H,20,21)(H2,19,22,23). The number of thiazole rings is 1. The predicted octanol–water partition coefficient (Wildman–Crippen LogP) is 2.84. The number of nitrogens with zero attached hydrogens (tertiary/aromatic N) is 3. The van der Waals surface area contributed by atoms with Crippen LogP contribution in [0.2, 0.25) is 0 Å². The largest absolute Gasteiger partial charge is 0.370 e. The summed E-state index contributed by atoms with van der Waals surface area (Å²) in [6.45, 7) is 7.61. The van der Waals surface area contributed by atoms with E-state index in [-0.39, 0.29) is 0 Å². The molecule has 0 saturated carbocycles. The van der Waals surface area contributed by atoms with Gasteiger partial charge in [-0.3, -0.25) is 4.99 Å². The molecule has 0 aliphatic rings. The lowest BCUT2D eigenvalue weighted by Crippen LogP contribution is -2.38. The Morgan fingerprint density at radius 3 is 2.80 bits per heavy atom. The molecule has 0 saturated heterocycles. The second-order valence-corrected chi connectivity index (χ2v) is 6.97. The van der Waals surface area contributed by atoms with Crippen LogP contribution in [0.5, 0.6) is 0 Å². The summed E-state index contributed by atoms with van der Waals surface area (Å²) in [5.41, 5.74) is 0. The molecule has 7 heteroatoms. The van der Waals surface area contributed by atoms with Gasteiger partial charge in [0.1, 0.15) is 5.82 Å². The molecule has 0 spiro atoms. The van der Waals surface area contributed by atoms with Gasteiger partial charge in [0.2, 0.25) is 0 Å². The molecular formula is C18H28N6S. The van der Waals surface area contributed by atoms with Crippen LogP contribution in [-0.4, -0.2) is 42.1 Å². The van der Waals surface area contributed by atoms with E-state index in [0.29, 0.717) is 0 Å². The number of aryl methyl sites for hydroxylation is 1. The number of nitrogens with one attached hydrogen (secondary N) is 3. The van der Waals surface area contributed by atoms with Crippen LogP contribution in [0.1, 0.15) is 29.7 Å². The first-order valence-corrected chi connectivity index (χ1v) is 9.68. The van der Waals surface area contributed by atoms with Crippen molar-refractivity contribution in [3.63, 3.8) is 0 Å². The Labute approximate surface area is 154 Å². The summed E-state index contributed by atoms with van der Waals surface area (Å²) in [5, 5.41) is 11.1. The first-order chi connectivity index (χ1) is 12.3. The van der Waals surface area contributed by atoms with Crippen LogP contribution in [0.15, 0.2) is 35.6 Å². The molecule has 3 N–H and O–H groups in total. The normalized spacial score (nSPS) is 11.4. The zero-order chi connectivity index (χ0) is 17.7. The van der Waals surface area contributed by atoms with Crippen molar-refractivity contribution in [2.24, 2.45) is 4.99 Å². The Kier molecular flexibility index (Phi) is 8.75. The highest BCUT2D eigenvalue weighted by atomic mass is 32.1. The van der Waals surface area contributed by atoms with Gasteiger partial charge in [0.25, 0.3) is 0 Å². The van der Waals surface area contributed by atoms with E-state index in [1.54, 1.807) is 17.5 Å². The van der Waals surface area contributed by atoms with Gasteiger partial charge in [-0.2, -0.15) is 0 Å². The maximum atomic E-state index is 4.63. The van der Waals surface area contributed by atoms with E-state index in [0.717, 1.165) is 57.2 Å². The minimum atomic E-state index is 0.815. The maximum absolute atomic E-state index is 4.63. The van der Waals surface area contributed by atoms with Crippen molar-refractivity contribution >= 4 is 23.1 Å². The molecule has 0 aliphatic carbocycles. The third-order valence-corrected chi connectivity index (χ3v) is 4.44. The van der Waals surface area contributed by atoms with Gasteiger partial charge in [0.15, 0.2) is 5.96 Å². The van der Waals surface area contributed by atoms with Gasteiger partial charge in [-0.15, -0.1) is 11.3 Å². The molecule has 0 amide bonds. The number of rotatable bonds is 10. The lowest BCUT2D eigenvalue weighted by molar-refractivity contribution is 0.749. The van der Waals surface area contributed by atoms with Crippen molar-refractivity contribution < 1.29 is 0 Å². The fourth-order valence-corrected chi connectivity index (χ4v) is 3.04. The first-order valence-electron chi connectivity index (χ1n) is 8.86. The number of hydrogen-bond acceptors (Lipinski definition) is 5. The van der Waals surface area contributed by atoms with Crippen LogP contribution in [-0.2, 0) is 6.42 Å². The minimum absolute atomic E-state index is 0.815. The van der Waals surface area contributed by atoms with E-state index >= 15 is 0 Å². The Morgan fingerprint density at radius 2 is 2.08 bits per heavy atom. The second kappa shape index (κ2) is 11.4. The summed E-state index contributed by atoms with van der Waals surface area (Å²) in [7, 11) is 0. The van der Waals surface area contributed by atoms with Crippen LogP contribution in [0, 0.1) is 6.92 Å². The molecule has 0 aliphatic heterocycles. The van der Waals surface area contributed by atoms with E-state index in [4.69, 9.17) is 0 Å². The summed E-state index contributed by atoms with van der Waals surface area (Å²) in [5.74, 6) is 1.81. The molecule has 6 nitrogen and oxygen atoms in total. The molecular weight excluding hydrogens is 332 g/mol. The zero-order valence-corrected chi connectivity index (χ0v) is 15.9. The molecule has 2 aromatic heterocycles. The van der Waals surface area contributed by atoms with Gasteiger partial charge >= 0.3 is 0 Å². The molecule has 0 bridgehead atoms. The molecule has 0 atom stereocenters. The molecule has 2 heterocycles. The Morgan fingerprint density at radius 1 is 1.16 bits per heavy atom. The van der Waals surface area contributed by atoms with Gasteiger partial charge in [-0.1, -0.05) is 6.07 Å². The molecule has 0 radical (unpaired) electrons. The highest BCUT2D eigenvalue weighted by Gasteiger charge is 2.00. The summed E-state index contributed by atoms with van der Waals surface area (Å²) >= 11 is 1.75. The van der Waals surface area contributed by atoms with Gasteiger partial charge in [-0.05, 0) is 38.8 Å². The van der Waals surface area contributed by atoms with Crippen LogP contribution in [0.3, 0.4) is 0 Å². The van der Waals surface area contributed by atoms with Gasteiger partial charge in [0.05, 0.1) is 5.01 Å². The Bertz CT molecular complexity index is 626. The lowest BCUT2D eigenvalue weighted by atomic mass is 10.3. The monoisotopic (exact) mass is 360 g/mol. The average Bonchev–Trinajstić information content (AvgIpc) is 3.04. The number of pyridine rings is 1. The molecule has 0 fully saturated rings. The Balaban J connectivity index is 1.61. The zero-order valence-electron chi connectivity index (χ0n) is 15.1. The van der Waals surface area contributed by atoms with Gasteiger partial charge < -0.3 is 16.0 Å². The molecule has 0 unspecified atom stereocenters. The summed E-state index contributed by atoms with van der Waals surface area (Å²) in [6.07, 6.45) is 6.77. The van der Waals surface area contributed by atoms with Crippen molar-refractivity contribution in [1.29, 1.82) is 0 Å². The van der Waals surface area contributed by atoms with Crippen LogP contribution in [0.4, 0.5) is 5.82 Å². The van der Waals surface area contributed by atoms with E-state index in [2.05, 4.69) is 44.8 Å². The number of anilines is 1. The first kappa shape index (κ1) is 19.2. The minimum Gasteiger partial charge on any atom is -0.370 e. The molecule has 0 aromatic carbocycles. The van der Waals surface area contributed by atoms with E-state index < -0.39 is 0 Å². The van der Waals surface area contributed by atoms with Crippen molar-refractivity contribution in [2.45, 2.75) is 33.1 Å². The number of aliphatic imine (C=N–C) groups is 1. The smallest absolute Gasteiger partial charge is 0.191 e. The van der Waals surface area contributed by atoms with Crippen LogP contribution < -0.4 is 16.0 Å². The van der Waals surface area contributed by atoms with E-state index in [1.165, 1.54) is 9.88 Å². The van der Waals surface area contributed by atoms with E-state index in [9.17, 15) is 0 Å². The lowest BCUT2D eigenvalue weighted by Gasteiger charge is -2.10. The highest BCUT2D eigenvalue weighted by molar-refractivity contribution is 7.11. The third kappa shape index (κ3) is 7.98. The van der Waals surface area contributed by atoms with Crippen LogP contribution >= 0.6 is 11.3 Å². The molecule has 25 heavy (non-hydrogen) atoms. The summed E-state index contributed by atoms with van der Waals surface area (Å²) < 4.78 is 0. The SMILES string of the molecule is CCNC(=NCCCCNc1ccccn1)NCCc1ncc(C)s1. The third-order valence-electron chi connectivity index (χ3n) is 3.47. The molecule has 2 rings (SSSR count). The number of aromatic nitrogens is 2. The topological polar surface area (TPSA) is 74.2 Å². The van der Waals surface area contributed by atoms with Crippen molar-refractivity contribution in [2.75, 3.05) is 31.5 Å². The summed E-state index contributed by atoms with van der Waals surface area (Å²) in [6, 6.07) is 5.89. The number of unbranched alkanes of at least 4 members (excludes halogenated alkanes) is 1. The fraction of sp³-hybridized carbons (Fsp3) is 0.500. The number of hydrogen-bond donors (Lipinski definition) is 3. The van der Waals surface area contributed by atoms with Crippen LogP contribution in [0.25, 0.3) is 0 Å². The second-order valence-electron chi connectivity index (χ2n) is 5.65. The van der Waals surface area contributed by atoms with Gasteiger partial charge in [-0.25, -0.2) is 9.97 Å². The average molecular weight is 361 g/mol. The highest BCUT2D eigenvalue weighted by Crippen LogP contribution is 2.10. The molecule has 136 valence electrons. The van der Waals surface area contributed by atoms with Crippen molar-refractivity contribution in [3.8, 4) is 0 Å². The molecule has 2 aromatic rings. The fourth-order valence-electron chi connectivity index (χ4n) is 2.26. The maximum Gasteiger partial charge on any atom is 0.191 e. The number of guanidine groups is 1. The quantitative estimate of drug-likeness (QED) is 0.345. The van der Waals surface area contributed by atoms with Crippen molar-refractivity contribution in [1.82, 2.24) is 20.6 Å². The predicted molar refractivity (Wildman–Crippen MR) is 106 cm³/mol. The van der Waals surface area contributed by atoms with Gasteiger partial charge in [0, 0.05) is 49.9 Å². The van der Waals surface area contributed by atoms with E-state index in [1.807, 2.05) is 24.4 Å². The van der Waals surface area contributed by atoms with Crippen molar-refractivity contribution in [3.05, 3.63) is 40.5 Å².